The molecular formula is C32H44ClN3O2. The van der Waals surface area contributed by atoms with Gasteiger partial charge in [0.2, 0.25) is 11.8 Å². The lowest BCUT2D eigenvalue weighted by Gasteiger charge is -2.44. The van der Waals surface area contributed by atoms with Gasteiger partial charge in [0.05, 0.1) is 0 Å². The topological polar surface area (TPSA) is 43.9 Å². The van der Waals surface area contributed by atoms with Crippen LogP contribution in [0.15, 0.2) is 48.5 Å². The molecule has 0 aromatic heterocycles. The van der Waals surface area contributed by atoms with Crippen LogP contribution in [0.5, 0.6) is 0 Å². The van der Waals surface area contributed by atoms with Gasteiger partial charge in [-0.3, -0.25) is 14.5 Å². The molecule has 2 amide bonds. The molecule has 4 rings (SSSR count). The minimum atomic E-state index is 0.148. The molecule has 2 bridgehead atoms. The van der Waals surface area contributed by atoms with Crippen molar-refractivity contribution in [2.75, 3.05) is 24.5 Å². The number of amides is 2. The maximum atomic E-state index is 13.8. The largest absolute Gasteiger partial charge is 0.337 e. The van der Waals surface area contributed by atoms with Gasteiger partial charge in [-0.1, -0.05) is 75.2 Å². The van der Waals surface area contributed by atoms with E-state index in [1.807, 2.05) is 48.2 Å². The lowest BCUT2D eigenvalue weighted by atomic mass is 9.92. The van der Waals surface area contributed by atoms with E-state index in [-0.39, 0.29) is 11.8 Å². The standard InChI is InChI=1S/C32H44ClN3O2/c1-4-31(37)36-21-19-27-12-9-13-28(35(27)20-18-24(2)3)23-34(22-26-11-6-8-15-30(26)36)32(38)17-16-25-10-5-7-14-29(25)33/h5-8,10-11,14-15,24,27-28H,4,9,12-13,16-23H2,1-3H3. The predicted molar refractivity (Wildman–Crippen MR) is 156 cm³/mol. The summed E-state index contributed by atoms with van der Waals surface area (Å²) in [5.41, 5.74) is 3.01. The van der Waals surface area contributed by atoms with Gasteiger partial charge in [-0.15, -0.1) is 0 Å². The molecule has 2 aromatic carbocycles. The first kappa shape index (κ1) is 28.6. The minimum Gasteiger partial charge on any atom is -0.337 e. The molecule has 38 heavy (non-hydrogen) atoms. The summed E-state index contributed by atoms with van der Waals surface area (Å²) in [5.74, 6) is 0.928. The number of para-hydroxylation sites is 1. The molecule has 2 aliphatic heterocycles. The molecular weight excluding hydrogens is 494 g/mol. The average molecular weight is 538 g/mol. The average Bonchev–Trinajstić information content (AvgIpc) is 2.92. The van der Waals surface area contributed by atoms with E-state index in [9.17, 15) is 9.59 Å². The normalized spacial score (nSPS) is 20.7. The second kappa shape index (κ2) is 13.6. The maximum Gasteiger partial charge on any atom is 0.226 e. The minimum absolute atomic E-state index is 0.148. The highest BCUT2D eigenvalue weighted by atomic mass is 35.5. The van der Waals surface area contributed by atoms with Crippen molar-refractivity contribution < 1.29 is 9.59 Å². The summed E-state index contributed by atoms with van der Waals surface area (Å²) in [5, 5.41) is 0.715. The van der Waals surface area contributed by atoms with E-state index in [0.717, 1.165) is 62.1 Å². The van der Waals surface area contributed by atoms with Gasteiger partial charge >= 0.3 is 0 Å². The molecule has 206 valence electrons. The zero-order valence-corrected chi connectivity index (χ0v) is 24.1. The van der Waals surface area contributed by atoms with E-state index in [0.29, 0.717) is 48.8 Å². The molecule has 2 unspecified atom stereocenters. The fraction of sp³-hybridized carbons (Fsp3) is 0.562. The number of fused-ring (bicyclic) bond motifs is 3. The Morgan fingerprint density at radius 3 is 2.47 bits per heavy atom. The Balaban J connectivity index is 1.67. The van der Waals surface area contributed by atoms with E-state index in [1.54, 1.807) is 0 Å². The van der Waals surface area contributed by atoms with Crippen molar-refractivity contribution in [2.24, 2.45) is 5.92 Å². The van der Waals surface area contributed by atoms with E-state index in [2.05, 4.69) is 35.8 Å². The van der Waals surface area contributed by atoms with E-state index in [1.165, 1.54) is 6.42 Å². The van der Waals surface area contributed by atoms with E-state index in [4.69, 9.17) is 11.6 Å². The second-order valence-corrected chi connectivity index (χ2v) is 11.7. The quantitative estimate of drug-likeness (QED) is 0.394. The first-order chi connectivity index (χ1) is 18.4. The number of hydrogen-bond acceptors (Lipinski definition) is 3. The van der Waals surface area contributed by atoms with Gasteiger partial charge in [0.15, 0.2) is 0 Å². The van der Waals surface area contributed by atoms with Crippen LogP contribution in [-0.4, -0.2) is 53.3 Å². The van der Waals surface area contributed by atoms with Crippen LogP contribution in [0, 0.1) is 5.92 Å². The summed E-state index contributed by atoms with van der Waals surface area (Å²) in [6, 6.07) is 16.7. The summed E-state index contributed by atoms with van der Waals surface area (Å²) >= 11 is 6.40. The fourth-order valence-corrected chi connectivity index (χ4v) is 6.30. The van der Waals surface area contributed by atoms with Crippen molar-refractivity contribution in [2.45, 2.75) is 90.8 Å². The Bertz CT molecular complexity index is 1090. The van der Waals surface area contributed by atoms with Crippen LogP contribution in [0.3, 0.4) is 0 Å². The highest BCUT2D eigenvalue weighted by Gasteiger charge is 2.34. The molecule has 0 N–H and O–H groups in total. The molecule has 0 aliphatic carbocycles. The van der Waals surface area contributed by atoms with Crippen molar-refractivity contribution in [1.82, 2.24) is 9.80 Å². The van der Waals surface area contributed by atoms with Crippen molar-refractivity contribution in [3.63, 3.8) is 0 Å². The third-order valence-corrected chi connectivity index (χ3v) is 8.63. The molecule has 2 aliphatic rings. The molecule has 0 saturated carbocycles. The van der Waals surface area contributed by atoms with Gasteiger partial charge in [-0.25, -0.2) is 0 Å². The maximum absolute atomic E-state index is 13.8. The zero-order valence-electron chi connectivity index (χ0n) is 23.4. The van der Waals surface area contributed by atoms with Crippen LogP contribution in [-0.2, 0) is 22.6 Å². The summed E-state index contributed by atoms with van der Waals surface area (Å²) in [4.78, 5) is 33.7. The first-order valence-corrected chi connectivity index (χ1v) is 14.9. The van der Waals surface area contributed by atoms with Gasteiger partial charge in [0.1, 0.15) is 0 Å². The number of rotatable bonds is 7. The predicted octanol–water partition coefficient (Wildman–Crippen LogP) is 6.72. The third-order valence-electron chi connectivity index (χ3n) is 8.26. The van der Waals surface area contributed by atoms with Crippen LogP contribution in [0.2, 0.25) is 5.02 Å². The van der Waals surface area contributed by atoms with Crippen LogP contribution in [0.4, 0.5) is 5.69 Å². The van der Waals surface area contributed by atoms with Crippen LogP contribution in [0.25, 0.3) is 0 Å². The zero-order chi connectivity index (χ0) is 27.1. The SMILES string of the molecule is CCC(=O)N1CCC2CCCC(CN(C(=O)CCc3ccccc3Cl)Cc3ccccc31)N2CCC(C)C. The molecule has 1 fully saturated rings. The van der Waals surface area contributed by atoms with Crippen LogP contribution >= 0.6 is 11.6 Å². The van der Waals surface area contributed by atoms with Crippen molar-refractivity contribution in [3.05, 3.63) is 64.7 Å². The number of benzene rings is 2. The fourth-order valence-electron chi connectivity index (χ4n) is 6.07. The smallest absolute Gasteiger partial charge is 0.226 e. The lowest BCUT2D eigenvalue weighted by Crippen LogP contribution is -2.53. The molecule has 6 heteroatoms. The number of hydrogen-bond donors (Lipinski definition) is 0. The number of carbonyl (C=O) groups is 2. The summed E-state index contributed by atoms with van der Waals surface area (Å²) < 4.78 is 0. The molecule has 1 saturated heterocycles. The first-order valence-electron chi connectivity index (χ1n) is 14.5. The van der Waals surface area contributed by atoms with E-state index < -0.39 is 0 Å². The number of aryl methyl sites for hydroxylation is 1. The highest BCUT2D eigenvalue weighted by Crippen LogP contribution is 2.31. The Labute approximate surface area is 234 Å². The Morgan fingerprint density at radius 1 is 0.974 bits per heavy atom. The summed E-state index contributed by atoms with van der Waals surface area (Å²) in [6.07, 6.45) is 7.07. The van der Waals surface area contributed by atoms with Crippen molar-refractivity contribution in [3.8, 4) is 0 Å². The number of nitrogens with zero attached hydrogens (tertiary/aromatic N) is 3. The van der Waals surface area contributed by atoms with Crippen LogP contribution in [0.1, 0.15) is 76.8 Å². The summed E-state index contributed by atoms with van der Waals surface area (Å²) in [6.45, 7) is 9.52. The Kier molecular flexibility index (Phi) is 10.3. The number of carbonyl (C=O) groups excluding carboxylic acids is 2. The van der Waals surface area contributed by atoms with Crippen molar-refractivity contribution in [1.29, 1.82) is 0 Å². The molecule has 2 aromatic rings. The summed E-state index contributed by atoms with van der Waals surface area (Å²) in [7, 11) is 0. The Hall–Kier alpha value is -2.37. The van der Waals surface area contributed by atoms with Crippen molar-refractivity contribution >= 4 is 29.1 Å². The Morgan fingerprint density at radius 2 is 1.71 bits per heavy atom. The van der Waals surface area contributed by atoms with E-state index >= 15 is 0 Å². The second-order valence-electron chi connectivity index (χ2n) is 11.3. The van der Waals surface area contributed by atoms with Gasteiger partial charge in [0.25, 0.3) is 0 Å². The highest BCUT2D eigenvalue weighted by molar-refractivity contribution is 6.31. The number of piperidine rings is 1. The number of anilines is 1. The van der Waals surface area contributed by atoms with Gasteiger partial charge in [0, 0.05) is 55.3 Å². The number of halogens is 1. The van der Waals surface area contributed by atoms with Gasteiger partial charge in [-0.05, 0) is 67.8 Å². The monoisotopic (exact) mass is 537 g/mol. The molecule has 0 spiro atoms. The lowest BCUT2D eigenvalue weighted by molar-refractivity contribution is -0.133. The van der Waals surface area contributed by atoms with Crippen LogP contribution < -0.4 is 4.90 Å². The third kappa shape index (κ3) is 7.18. The molecule has 0 radical (unpaired) electrons. The molecule has 5 nitrogen and oxygen atoms in total. The molecule has 2 heterocycles. The van der Waals surface area contributed by atoms with Gasteiger partial charge in [-0.2, -0.15) is 0 Å². The van der Waals surface area contributed by atoms with Gasteiger partial charge < -0.3 is 9.80 Å². The molecule has 2 atom stereocenters.